The zero-order valence-corrected chi connectivity index (χ0v) is 21.2. The average molecular weight is 453 g/mol. The summed E-state index contributed by atoms with van der Waals surface area (Å²) in [6, 6.07) is 8.16. The highest BCUT2D eigenvalue weighted by molar-refractivity contribution is 5.94. The Kier molecular flexibility index (Phi) is 7.98. The first-order chi connectivity index (χ1) is 15.6. The fraction of sp³-hybridized carbons (Fsp3) is 0.593. The van der Waals surface area contributed by atoms with Crippen molar-refractivity contribution in [3.05, 3.63) is 41.1 Å². The molecule has 1 N–H and O–H groups in total. The number of amides is 2. The molecule has 1 saturated carbocycles. The highest BCUT2D eigenvalue weighted by Crippen LogP contribution is 2.29. The zero-order chi connectivity index (χ0) is 24.2. The number of aryl methyl sites for hydroxylation is 2. The smallest absolute Gasteiger partial charge is 0.245 e. The van der Waals surface area contributed by atoms with Crippen LogP contribution in [0.5, 0.6) is 0 Å². The lowest BCUT2D eigenvalue weighted by Crippen LogP contribution is -2.43. The van der Waals surface area contributed by atoms with Crippen molar-refractivity contribution in [2.24, 2.45) is 5.92 Å². The molecule has 1 heterocycles. The molecule has 1 aromatic heterocycles. The molecular formula is C27H40N4O2. The number of carbonyl (C=O) groups excluding carboxylic acids is 2. The second-order valence-electron chi connectivity index (χ2n) is 10.5. The minimum absolute atomic E-state index is 0.0853. The Bertz CT molecular complexity index is 982. The molecule has 0 unspecified atom stereocenters. The van der Waals surface area contributed by atoms with Gasteiger partial charge in [-0.05, 0) is 44.7 Å². The molecule has 0 atom stereocenters. The number of hydrogen-bond donors (Lipinski definition) is 1. The summed E-state index contributed by atoms with van der Waals surface area (Å²) in [6.07, 6.45) is 6.07. The zero-order valence-electron chi connectivity index (χ0n) is 21.2. The maximum atomic E-state index is 13.1. The third-order valence-electron chi connectivity index (χ3n) is 6.46. The van der Waals surface area contributed by atoms with E-state index in [0.717, 1.165) is 55.5 Å². The van der Waals surface area contributed by atoms with Crippen LogP contribution < -0.4 is 5.32 Å². The highest BCUT2D eigenvalue weighted by atomic mass is 16.2. The quantitative estimate of drug-likeness (QED) is 0.508. The van der Waals surface area contributed by atoms with E-state index in [2.05, 4.69) is 59.0 Å². The summed E-state index contributed by atoms with van der Waals surface area (Å²) in [6.45, 7) is 13.3. The van der Waals surface area contributed by atoms with Crippen molar-refractivity contribution in [1.82, 2.24) is 14.7 Å². The molecule has 0 saturated heterocycles. The maximum absolute atomic E-state index is 13.1. The van der Waals surface area contributed by atoms with Crippen LogP contribution in [0.25, 0.3) is 5.69 Å². The lowest BCUT2D eigenvalue weighted by Gasteiger charge is -2.31. The van der Waals surface area contributed by atoms with Crippen LogP contribution in [0.3, 0.4) is 0 Å². The average Bonchev–Trinajstić information content (AvgIpc) is 3.09. The highest BCUT2D eigenvalue weighted by Gasteiger charge is 2.30. The summed E-state index contributed by atoms with van der Waals surface area (Å²) < 4.78 is 1.82. The fourth-order valence-electron chi connectivity index (χ4n) is 4.15. The lowest BCUT2D eigenvalue weighted by molar-refractivity contribution is -0.140. The van der Waals surface area contributed by atoms with Crippen molar-refractivity contribution < 1.29 is 9.59 Å². The molecule has 1 aliphatic carbocycles. The number of nitrogens with one attached hydrogen (secondary N) is 1. The van der Waals surface area contributed by atoms with E-state index in [1.807, 2.05) is 16.8 Å². The maximum Gasteiger partial charge on any atom is 0.245 e. The molecule has 2 amide bonds. The summed E-state index contributed by atoms with van der Waals surface area (Å²) in [5.74, 6) is 0.686. The largest absolute Gasteiger partial charge is 0.333 e. The normalized spacial score (nSPS) is 14.1. The van der Waals surface area contributed by atoms with E-state index in [-0.39, 0.29) is 29.7 Å². The molecule has 3 rings (SSSR count). The predicted molar refractivity (Wildman–Crippen MR) is 134 cm³/mol. The van der Waals surface area contributed by atoms with E-state index in [1.54, 1.807) is 4.90 Å². The van der Waals surface area contributed by atoms with Gasteiger partial charge < -0.3 is 10.2 Å². The van der Waals surface area contributed by atoms with Gasteiger partial charge in [0.1, 0.15) is 5.82 Å². The Morgan fingerprint density at radius 2 is 1.88 bits per heavy atom. The van der Waals surface area contributed by atoms with Crippen LogP contribution >= 0.6 is 0 Å². The molecule has 1 aliphatic rings. The number of rotatable bonds is 9. The third kappa shape index (κ3) is 6.24. The van der Waals surface area contributed by atoms with E-state index in [0.29, 0.717) is 12.4 Å². The van der Waals surface area contributed by atoms with Gasteiger partial charge in [-0.15, -0.1) is 0 Å². The fourth-order valence-corrected chi connectivity index (χ4v) is 4.15. The molecule has 2 aromatic rings. The number of anilines is 1. The standard InChI is InChI=1S/C27H40N4O2/c1-7-8-9-15-30(26(33)21-11-10-12-21)18-25(32)28-24-17-23(27(4,5)6)29-31(24)22-14-13-19(2)16-20(22)3/h13-14,16-17,21H,7-12,15,18H2,1-6H3,(H,28,32). The Labute approximate surface area is 198 Å². The molecule has 0 bridgehead atoms. The topological polar surface area (TPSA) is 67.2 Å². The van der Waals surface area contributed by atoms with Gasteiger partial charge in [0.2, 0.25) is 11.8 Å². The van der Waals surface area contributed by atoms with Gasteiger partial charge >= 0.3 is 0 Å². The minimum atomic E-state index is -0.175. The van der Waals surface area contributed by atoms with Crippen molar-refractivity contribution in [3.63, 3.8) is 0 Å². The Balaban J connectivity index is 1.83. The molecular weight excluding hydrogens is 412 g/mol. The second kappa shape index (κ2) is 10.5. The first kappa shape index (κ1) is 25.0. The van der Waals surface area contributed by atoms with Crippen LogP contribution in [-0.2, 0) is 15.0 Å². The second-order valence-corrected chi connectivity index (χ2v) is 10.5. The molecule has 180 valence electrons. The summed E-state index contributed by atoms with van der Waals surface area (Å²) in [7, 11) is 0. The predicted octanol–water partition coefficient (Wildman–Crippen LogP) is 5.54. The van der Waals surface area contributed by atoms with E-state index < -0.39 is 0 Å². The summed E-state index contributed by atoms with van der Waals surface area (Å²) in [5, 5.41) is 7.90. The van der Waals surface area contributed by atoms with Crippen molar-refractivity contribution in [2.45, 2.75) is 85.5 Å². The van der Waals surface area contributed by atoms with Gasteiger partial charge in [-0.3, -0.25) is 9.59 Å². The monoisotopic (exact) mass is 452 g/mol. The Morgan fingerprint density at radius 1 is 1.15 bits per heavy atom. The number of hydrogen-bond acceptors (Lipinski definition) is 3. The van der Waals surface area contributed by atoms with Crippen molar-refractivity contribution in [1.29, 1.82) is 0 Å². The molecule has 1 aromatic carbocycles. The summed E-state index contributed by atoms with van der Waals surface area (Å²) >= 11 is 0. The van der Waals surface area contributed by atoms with Crippen LogP contribution in [0, 0.1) is 19.8 Å². The SMILES string of the molecule is CCCCCN(CC(=O)Nc1cc(C(C)(C)C)nn1-c1ccc(C)cc1C)C(=O)C1CCC1. The molecule has 0 radical (unpaired) electrons. The van der Waals surface area contributed by atoms with Gasteiger partial charge in [-0.2, -0.15) is 5.10 Å². The van der Waals surface area contributed by atoms with E-state index in [4.69, 9.17) is 5.10 Å². The van der Waals surface area contributed by atoms with Gasteiger partial charge in [0.05, 0.1) is 17.9 Å². The first-order valence-electron chi connectivity index (χ1n) is 12.4. The minimum Gasteiger partial charge on any atom is -0.333 e. The number of benzene rings is 1. The van der Waals surface area contributed by atoms with Crippen LogP contribution in [-0.4, -0.2) is 39.6 Å². The third-order valence-corrected chi connectivity index (χ3v) is 6.46. The molecule has 33 heavy (non-hydrogen) atoms. The van der Waals surface area contributed by atoms with E-state index in [9.17, 15) is 9.59 Å². The van der Waals surface area contributed by atoms with Gasteiger partial charge in [-0.25, -0.2) is 4.68 Å². The van der Waals surface area contributed by atoms with Crippen LogP contribution in [0.15, 0.2) is 24.3 Å². The van der Waals surface area contributed by atoms with Gasteiger partial charge in [0, 0.05) is 23.9 Å². The van der Waals surface area contributed by atoms with Crippen LogP contribution in [0.1, 0.15) is 83.0 Å². The molecule has 1 fully saturated rings. The Morgan fingerprint density at radius 3 is 2.45 bits per heavy atom. The van der Waals surface area contributed by atoms with Gasteiger partial charge in [0.25, 0.3) is 0 Å². The van der Waals surface area contributed by atoms with E-state index >= 15 is 0 Å². The van der Waals surface area contributed by atoms with E-state index in [1.165, 1.54) is 5.56 Å². The van der Waals surface area contributed by atoms with Crippen LogP contribution in [0.2, 0.25) is 0 Å². The number of aromatic nitrogens is 2. The van der Waals surface area contributed by atoms with Crippen LogP contribution in [0.4, 0.5) is 5.82 Å². The molecule has 0 aliphatic heterocycles. The van der Waals surface area contributed by atoms with Crippen molar-refractivity contribution in [2.75, 3.05) is 18.4 Å². The number of carbonyl (C=O) groups is 2. The summed E-state index contributed by atoms with van der Waals surface area (Å²) in [4.78, 5) is 27.8. The Hall–Kier alpha value is -2.63. The lowest BCUT2D eigenvalue weighted by atomic mass is 9.84. The van der Waals surface area contributed by atoms with Crippen molar-refractivity contribution in [3.8, 4) is 5.69 Å². The molecule has 6 nitrogen and oxygen atoms in total. The van der Waals surface area contributed by atoms with Crippen molar-refractivity contribution >= 4 is 17.6 Å². The first-order valence-corrected chi connectivity index (χ1v) is 12.4. The number of nitrogens with zero attached hydrogens (tertiary/aromatic N) is 3. The summed E-state index contributed by atoms with van der Waals surface area (Å²) in [5.41, 5.74) is 3.97. The van der Waals surface area contributed by atoms with Gasteiger partial charge in [-0.1, -0.05) is 64.7 Å². The number of unbranched alkanes of at least 4 members (excludes halogenated alkanes) is 2. The van der Waals surface area contributed by atoms with Gasteiger partial charge in [0.15, 0.2) is 0 Å². The molecule has 6 heteroatoms. The molecule has 0 spiro atoms.